The SMILES string of the molecule is Cl.Cn1cc(CN2C[C@@H](N)[C@H](c3ccccc3)C2)c(-c2ccncc2)n1. The number of pyridine rings is 1. The zero-order valence-electron chi connectivity index (χ0n) is 14.8. The molecule has 26 heavy (non-hydrogen) atoms. The molecule has 2 N–H and O–H groups in total. The van der Waals surface area contributed by atoms with Gasteiger partial charge in [-0.1, -0.05) is 30.3 Å². The van der Waals surface area contributed by atoms with Gasteiger partial charge >= 0.3 is 0 Å². The summed E-state index contributed by atoms with van der Waals surface area (Å²) in [6.45, 7) is 2.75. The number of hydrogen-bond donors (Lipinski definition) is 1. The van der Waals surface area contributed by atoms with E-state index < -0.39 is 0 Å². The van der Waals surface area contributed by atoms with Gasteiger partial charge < -0.3 is 5.73 Å². The van der Waals surface area contributed by atoms with Crippen molar-refractivity contribution in [3.05, 3.63) is 72.2 Å². The molecule has 136 valence electrons. The topological polar surface area (TPSA) is 60.0 Å². The number of aryl methyl sites for hydroxylation is 1. The van der Waals surface area contributed by atoms with Crippen LogP contribution in [-0.2, 0) is 13.6 Å². The van der Waals surface area contributed by atoms with E-state index in [4.69, 9.17) is 5.73 Å². The predicted molar refractivity (Wildman–Crippen MR) is 106 cm³/mol. The standard InChI is InChI=1S/C20H23N5.ClH/c1-24-11-17(20(23-24)16-7-9-22-10-8-16)12-25-13-18(19(21)14-25)15-5-3-2-4-6-15;/h2-11,18-19H,12-14,21H2,1H3;1H/t18-,19+;/m0./s1. The smallest absolute Gasteiger partial charge is 0.0969 e. The van der Waals surface area contributed by atoms with Gasteiger partial charge in [-0.05, 0) is 17.7 Å². The summed E-state index contributed by atoms with van der Waals surface area (Å²) in [6.07, 6.45) is 5.73. The van der Waals surface area contributed by atoms with Gasteiger partial charge in [0.05, 0.1) is 5.69 Å². The fraction of sp³-hybridized carbons (Fsp3) is 0.300. The number of likely N-dealkylation sites (tertiary alicyclic amines) is 1. The highest BCUT2D eigenvalue weighted by atomic mass is 35.5. The number of nitrogens with two attached hydrogens (primary N) is 1. The number of aromatic nitrogens is 3. The van der Waals surface area contributed by atoms with Crippen molar-refractivity contribution in [1.29, 1.82) is 0 Å². The lowest BCUT2D eigenvalue weighted by atomic mass is 9.95. The zero-order valence-corrected chi connectivity index (χ0v) is 15.6. The van der Waals surface area contributed by atoms with Crippen LogP contribution < -0.4 is 5.73 Å². The molecule has 3 aromatic rings. The lowest BCUT2D eigenvalue weighted by molar-refractivity contribution is 0.324. The largest absolute Gasteiger partial charge is 0.326 e. The Hall–Kier alpha value is -2.21. The normalized spacial score (nSPS) is 20.1. The number of hydrogen-bond acceptors (Lipinski definition) is 4. The van der Waals surface area contributed by atoms with E-state index in [-0.39, 0.29) is 18.4 Å². The molecule has 1 aliphatic rings. The van der Waals surface area contributed by atoms with Gasteiger partial charge in [0.1, 0.15) is 0 Å². The molecule has 3 heterocycles. The third-order valence-corrected chi connectivity index (χ3v) is 4.92. The van der Waals surface area contributed by atoms with E-state index >= 15 is 0 Å². The van der Waals surface area contributed by atoms with E-state index in [1.54, 1.807) is 0 Å². The molecule has 0 bridgehead atoms. The minimum Gasteiger partial charge on any atom is -0.326 e. The van der Waals surface area contributed by atoms with Gasteiger partial charge in [0.2, 0.25) is 0 Å². The molecule has 6 heteroatoms. The Kier molecular flexibility index (Phi) is 5.71. The van der Waals surface area contributed by atoms with Crippen molar-refractivity contribution < 1.29 is 0 Å². The molecule has 0 spiro atoms. The third-order valence-electron chi connectivity index (χ3n) is 4.92. The van der Waals surface area contributed by atoms with Gasteiger partial charge in [0.15, 0.2) is 0 Å². The van der Waals surface area contributed by atoms with Gasteiger partial charge in [-0.3, -0.25) is 14.6 Å². The average Bonchev–Trinajstić information content (AvgIpc) is 3.19. The maximum atomic E-state index is 6.44. The molecule has 1 fully saturated rings. The first-order valence-electron chi connectivity index (χ1n) is 8.66. The summed E-state index contributed by atoms with van der Waals surface area (Å²) in [6, 6.07) is 14.8. The number of halogens is 1. The van der Waals surface area contributed by atoms with Crippen LogP contribution in [0.5, 0.6) is 0 Å². The minimum atomic E-state index is 0. The molecule has 2 atom stereocenters. The Morgan fingerprint density at radius 2 is 1.81 bits per heavy atom. The van der Waals surface area contributed by atoms with Crippen molar-refractivity contribution in [3.8, 4) is 11.3 Å². The predicted octanol–water partition coefficient (Wildman–Crippen LogP) is 2.83. The molecule has 2 aromatic heterocycles. The van der Waals surface area contributed by atoms with Crippen LogP contribution >= 0.6 is 12.4 Å². The maximum Gasteiger partial charge on any atom is 0.0969 e. The second-order valence-corrected chi connectivity index (χ2v) is 6.79. The van der Waals surface area contributed by atoms with Gasteiger partial charge in [-0.15, -0.1) is 12.4 Å². The quantitative estimate of drug-likeness (QED) is 0.768. The van der Waals surface area contributed by atoms with Crippen molar-refractivity contribution in [3.63, 3.8) is 0 Å². The molecule has 5 nitrogen and oxygen atoms in total. The molecule has 0 saturated carbocycles. The van der Waals surface area contributed by atoms with E-state index in [9.17, 15) is 0 Å². The lowest BCUT2D eigenvalue weighted by Crippen LogP contribution is -2.28. The molecule has 0 aliphatic carbocycles. The number of benzene rings is 1. The molecule has 0 amide bonds. The first kappa shape index (κ1) is 18.6. The van der Waals surface area contributed by atoms with Gasteiger partial charge in [0.25, 0.3) is 0 Å². The van der Waals surface area contributed by atoms with E-state index in [1.165, 1.54) is 11.1 Å². The van der Waals surface area contributed by atoms with E-state index in [2.05, 4.69) is 51.5 Å². The molecule has 0 unspecified atom stereocenters. The number of rotatable bonds is 4. The molecule has 0 radical (unpaired) electrons. The molecular formula is C20H24ClN5. The Bertz CT molecular complexity index is 834. The molecular weight excluding hydrogens is 346 g/mol. The summed E-state index contributed by atoms with van der Waals surface area (Å²) < 4.78 is 1.88. The first-order valence-corrected chi connectivity index (χ1v) is 8.66. The van der Waals surface area contributed by atoms with Gasteiger partial charge in [-0.2, -0.15) is 5.10 Å². The van der Waals surface area contributed by atoms with E-state index in [0.717, 1.165) is 30.9 Å². The van der Waals surface area contributed by atoms with Gasteiger partial charge in [-0.25, -0.2) is 0 Å². The summed E-state index contributed by atoms with van der Waals surface area (Å²) in [5, 5.41) is 4.65. The minimum absolute atomic E-state index is 0. The monoisotopic (exact) mass is 369 g/mol. The van der Waals surface area contributed by atoms with Crippen molar-refractivity contribution in [2.45, 2.75) is 18.5 Å². The summed E-state index contributed by atoms with van der Waals surface area (Å²) >= 11 is 0. The summed E-state index contributed by atoms with van der Waals surface area (Å²) in [7, 11) is 1.97. The van der Waals surface area contributed by atoms with E-state index in [1.807, 2.05) is 36.3 Å². The average molecular weight is 370 g/mol. The molecule has 1 saturated heterocycles. The van der Waals surface area contributed by atoms with Crippen LogP contribution in [0.3, 0.4) is 0 Å². The second-order valence-electron chi connectivity index (χ2n) is 6.79. The zero-order chi connectivity index (χ0) is 17.2. The van der Waals surface area contributed by atoms with E-state index in [0.29, 0.717) is 5.92 Å². The van der Waals surface area contributed by atoms with Crippen molar-refractivity contribution in [2.24, 2.45) is 12.8 Å². The Morgan fingerprint density at radius 3 is 2.54 bits per heavy atom. The van der Waals surface area contributed by atoms with Crippen LogP contribution in [0.2, 0.25) is 0 Å². The second kappa shape index (κ2) is 7.99. The summed E-state index contributed by atoms with van der Waals surface area (Å²) in [4.78, 5) is 6.54. The highest BCUT2D eigenvalue weighted by Crippen LogP contribution is 2.29. The van der Waals surface area contributed by atoms with Gasteiger partial charge in [0, 0.05) is 68.4 Å². The third kappa shape index (κ3) is 3.80. The van der Waals surface area contributed by atoms with Crippen LogP contribution in [0.15, 0.2) is 61.1 Å². The van der Waals surface area contributed by atoms with Crippen molar-refractivity contribution in [2.75, 3.05) is 13.1 Å². The summed E-state index contributed by atoms with van der Waals surface area (Å²) in [5.41, 5.74) is 11.1. The van der Waals surface area contributed by atoms with Crippen LogP contribution in [0.4, 0.5) is 0 Å². The fourth-order valence-corrected chi connectivity index (χ4v) is 3.74. The first-order chi connectivity index (χ1) is 12.2. The highest BCUT2D eigenvalue weighted by Gasteiger charge is 2.31. The maximum absolute atomic E-state index is 6.44. The highest BCUT2D eigenvalue weighted by molar-refractivity contribution is 5.85. The molecule has 1 aliphatic heterocycles. The van der Waals surface area contributed by atoms with Crippen LogP contribution in [0, 0.1) is 0 Å². The fourth-order valence-electron chi connectivity index (χ4n) is 3.74. The van der Waals surface area contributed by atoms with Crippen molar-refractivity contribution in [1.82, 2.24) is 19.7 Å². The van der Waals surface area contributed by atoms with Crippen LogP contribution in [-0.4, -0.2) is 38.8 Å². The van der Waals surface area contributed by atoms with Crippen LogP contribution in [0.1, 0.15) is 17.0 Å². The van der Waals surface area contributed by atoms with Crippen LogP contribution in [0.25, 0.3) is 11.3 Å². The van der Waals surface area contributed by atoms with Crippen molar-refractivity contribution >= 4 is 12.4 Å². The Balaban J connectivity index is 0.00000196. The summed E-state index contributed by atoms with van der Waals surface area (Å²) in [5.74, 6) is 0.391. The molecule has 4 rings (SSSR count). The Labute approximate surface area is 160 Å². The lowest BCUT2D eigenvalue weighted by Gasteiger charge is -2.16. The number of nitrogens with zero attached hydrogens (tertiary/aromatic N) is 4. The molecule has 1 aromatic carbocycles. The Morgan fingerprint density at radius 1 is 1.08 bits per heavy atom.